The van der Waals surface area contributed by atoms with E-state index in [1.807, 2.05) is 36.4 Å². The molecule has 0 N–H and O–H groups in total. The zero-order valence-corrected chi connectivity index (χ0v) is 7.50. The van der Waals surface area contributed by atoms with Crippen LogP contribution in [0.15, 0.2) is 35.2 Å². The maximum Gasteiger partial charge on any atom is 0.123 e. The zero-order valence-electron chi connectivity index (χ0n) is 6.60. The highest BCUT2D eigenvalue weighted by molar-refractivity contribution is 7.80. The normalized spacial score (nSPS) is 10.4. The number of carbonyl (C=O) groups is 1. The van der Waals surface area contributed by atoms with E-state index in [-0.39, 0.29) is 0 Å². The molecule has 0 radical (unpaired) electrons. The Hall–Kier alpha value is -1.02. The van der Waals surface area contributed by atoms with E-state index in [9.17, 15) is 4.79 Å². The standard InChI is InChI=1S/C10H10OS/c11-8-2-1-3-9-4-6-10(12)7-5-9/h1,3-8,12H,2H2. The molecule has 0 aliphatic heterocycles. The molecular weight excluding hydrogens is 168 g/mol. The molecule has 0 aromatic heterocycles. The third kappa shape index (κ3) is 2.93. The summed E-state index contributed by atoms with van der Waals surface area (Å²) in [6.45, 7) is 0. The van der Waals surface area contributed by atoms with Crippen molar-refractivity contribution in [3.05, 3.63) is 35.9 Å². The summed E-state index contributed by atoms with van der Waals surface area (Å²) in [5.74, 6) is 0. The smallest absolute Gasteiger partial charge is 0.123 e. The van der Waals surface area contributed by atoms with Crippen molar-refractivity contribution in [2.24, 2.45) is 0 Å². The highest BCUT2D eigenvalue weighted by atomic mass is 32.1. The van der Waals surface area contributed by atoms with Gasteiger partial charge in [0.15, 0.2) is 0 Å². The summed E-state index contributed by atoms with van der Waals surface area (Å²) in [5.41, 5.74) is 1.09. The van der Waals surface area contributed by atoms with Crippen molar-refractivity contribution in [1.82, 2.24) is 0 Å². The quantitative estimate of drug-likeness (QED) is 0.556. The molecule has 0 saturated carbocycles. The molecule has 1 nitrogen and oxygen atoms in total. The SMILES string of the molecule is O=CCC=Cc1ccc(S)cc1. The average Bonchev–Trinajstić information content (AvgIpc) is 2.09. The summed E-state index contributed by atoms with van der Waals surface area (Å²) in [6, 6.07) is 7.76. The monoisotopic (exact) mass is 178 g/mol. The number of aldehydes is 1. The summed E-state index contributed by atoms with van der Waals surface area (Å²) >= 11 is 4.16. The van der Waals surface area contributed by atoms with E-state index in [0.717, 1.165) is 16.7 Å². The predicted molar refractivity (Wildman–Crippen MR) is 53.4 cm³/mol. The molecule has 0 aliphatic rings. The van der Waals surface area contributed by atoms with Crippen LogP contribution < -0.4 is 0 Å². The Morgan fingerprint density at radius 1 is 1.25 bits per heavy atom. The van der Waals surface area contributed by atoms with Gasteiger partial charge < -0.3 is 4.79 Å². The lowest BCUT2D eigenvalue weighted by atomic mass is 10.2. The number of benzene rings is 1. The maximum absolute atomic E-state index is 9.99. The Bertz CT molecular complexity index is 274. The lowest BCUT2D eigenvalue weighted by Gasteiger charge is -1.92. The van der Waals surface area contributed by atoms with Crippen LogP contribution in [0.4, 0.5) is 0 Å². The molecule has 0 aliphatic carbocycles. The molecule has 12 heavy (non-hydrogen) atoms. The molecule has 0 fully saturated rings. The molecule has 0 saturated heterocycles. The van der Waals surface area contributed by atoms with Crippen molar-refractivity contribution < 1.29 is 4.79 Å². The summed E-state index contributed by atoms with van der Waals surface area (Å²) in [5, 5.41) is 0. The molecule has 0 spiro atoms. The first kappa shape index (κ1) is 9.07. The fourth-order valence-corrected chi connectivity index (χ4v) is 0.994. The summed E-state index contributed by atoms with van der Waals surface area (Å²) < 4.78 is 0. The Kier molecular flexibility index (Phi) is 3.61. The first-order valence-corrected chi connectivity index (χ1v) is 4.17. The van der Waals surface area contributed by atoms with Gasteiger partial charge >= 0.3 is 0 Å². The summed E-state index contributed by atoms with van der Waals surface area (Å²) in [4.78, 5) is 10.9. The lowest BCUT2D eigenvalue weighted by molar-refractivity contribution is -0.107. The second kappa shape index (κ2) is 4.78. The second-order valence-corrected chi connectivity index (χ2v) is 2.91. The van der Waals surface area contributed by atoms with Crippen molar-refractivity contribution in [3.63, 3.8) is 0 Å². The van der Waals surface area contributed by atoms with E-state index in [0.29, 0.717) is 6.42 Å². The fourth-order valence-electron chi connectivity index (χ4n) is 0.845. The third-order valence-electron chi connectivity index (χ3n) is 1.44. The topological polar surface area (TPSA) is 17.1 Å². The van der Waals surface area contributed by atoms with Gasteiger partial charge in [-0.1, -0.05) is 24.3 Å². The van der Waals surface area contributed by atoms with Gasteiger partial charge in [0, 0.05) is 11.3 Å². The number of allylic oxidation sites excluding steroid dienone is 1. The van der Waals surface area contributed by atoms with Crippen LogP contribution in [-0.4, -0.2) is 6.29 Å². The van der Waals surface area contributed by atoms with Crippen LogP contribution in [0.1, 0.15) is 12.0 Å². The molecule has 1 aromatic rings. The first-order valence-electron chi connectivity index (χ1n) is 3.72. The van der Waals surface area contributed by atoms with Crippen LogP contribution in [0.25, 0.3) is 6.08 Å². The highest BCUT2D eigenvalue weighted by Gasteiger charge is 1.85. The molecule has 1 aromatic carbocycles. The van der Waals surface area contributed by atoms with E-state index in [4.69, 9.17) is 0 Å². The van der Waals surface area contributed by atoms with Crippen LogP contribution >= 0.6 is 12.6 Å². The van der Waals surface area contributed by atoms with Crippen LogP contribution in [-0.2, 0) is 4.79 Å². The number of hydrogen-bond acceptors (Lipinski definition) is 2. The molecule has 1 rings (SSSR count). The molecule has 2 heteroatoms. The van der Waals surface area contributed by atoms with Crippen LogP contribution in [0.2, 0.25) is 0 Å². The van der Waals surface area contributed by atoms with Crippen molar-refractivity contribution in [1.29, 1.82) is 0 Å². The number of rotatable bonds is 3. The van der Waals surface area contributed by atoms with Gasteiger partial charge in [-0.15, -0.1) is 12.6 Å². The Balaban J connectivity index is 2.64. The van der Waals surface area contributed by atoms with E-state index in [2.05, 4.69) is 12.6 Å². The van der Waals surface area contributed by atoms with Crippen molar-refractivity contribution >= 4 is 25.0 Å². The van der Waals surface area contributed by atoms with Gasteiger partial charge in [0.05, 0.1) is 0 Å². The Morgan fingerprint density at radius 2 is 1.92 bits per heavy atom. The number of hydrogen-bond donors (Lipinski definition) is 1. The minimum atomic E-state index is 0.475. The van der Waals surface area contributed by atoms with Gasteiger partial charge in [0.1, 0.15) is 6.29 Å². The highest BCUT2D eigenvalue weighted by Crippen LogP contribution is 2.08. The fraction of sp³-hybridized carbons (Fsp3) is 0.100. The minimum Gasteiger partial charge on any atom is -0.303 e. The number of thiol groups is 1. The van der Waals surface area contributed by atoms with Crippen molar-refractivity contribution in [3.8, 4) is 0 Å². The van der Waals surface area contributed by atoms with Crippen LogP contribution in [0, 0.1) is 0 Å². The largest absolute Gasteiger partial charge is 0.303 e. The van der Waals surface area contributed by atoms with E-state index in [1.165, 1.54) is 0 Å². The molecular formula is C10H10OS. The number of carbonyl (C=O) groups excluding carboxylic acids is 1. The molecule has 0 unspecified atom stereocenters. The molecule has 0 heterocycles. The second-order valence-electron chi connectivity index (χ2n) is 2.40. The Labute approximate surface area is 77.5 Å². The van der Waals surface area contributed by atoms with Crippen molar-refractivity contribution in [2.75, 3.05) is 0 Å². The summed E-state index contributed by atoms with van der Waals surface area (Å²) in [6.07, 6.45) is 5.11. The van der Waals surface area contributed by atoms with Crippen LogP contribution in [0.3, 0.4) is 0 Å². The van der Waals surface area contributed by atoms with E-state index in [1.54, 1.807) is 0 Å². The molecule has 0 bridgehead atoms. The van der Waals surface area contributed by atoms with E-state index < -0.39 is 0 Å². The van der Waals surface area contributed by atoms with Gasteiger partial charge in [0.25, 0.3) is 0 Å². The van der Waals surface area contributed by atoms with Crippen molar-refractivity contribution in [2.45, 2.75) is 11.3 Å². The van der Waals surface area contributed by atoms with Gasteiger partial charge in [-0.25, -0.2) is 0 Å². The maximum atomic E-state index is 9.99. The molecule has 0 amide bonds. The third-order valence-corrected chi connectivity index (χ3v) is 1.73. The predicted octanol–water partition coefficient (Wildman–Crippen LogP) is 2.58. The minimum absolute atomic E-state index is 0.475. The summed E-state index contributed by atoms with van der Waals surface area (Å²) in [7, 11) is 0. The lowest BCUT2D eigenvalue weighted by Crippen LogP contribution is -1.71. The average molecular weight is 178 g/mol. The van der Waals surface area contributed by atoms with Gasteiger partial charge in [0.2, 0.25) is 0 Å². The Morgan fingerprint density at radius 3 is 2.50 bits per heavy atom. The molecule has 0 atom stereocenters. The first-order chi connectivity index (χ1) is 5.83. The molecule has 62 valence electrons. The van der Waals surface area contributed by atoms with Gasteiger partial charge in [-0.3, -0.25) is 0 Å². The van der Waals surface area contributed by atoms with Crippen LogP contribution in [0.5, 0.6) is 0 Å². The van der Waals surface area contributed by atoms with E-state index >= 15 is 0 Å². The van der Waals surface area contributed by atoms with Gasteiger partial charge in [-0.2, -0.15) is 0 Å². The van der Waals surface area contributed by atoms with Gasteiger partial charge in [-0.05, 0) is 17.7 Å². The zero-order chi connectivity index (χ0) is 8.81.